The number of rotatable bonds is 4. The zero-order chi connectivity index (χ0) is 23.4. The van der Waals surface area contributed by atoms with Crippen LogP contribution in [0, 0.1) is 5.82 Å². The van der Waals surface area contributed by atoms with E-state index in [2.05, 4.69) is 5.32 Å². The zero-order valence-corrected chi connectivity index (χ0v) is 15.4. The minimum absolute atomic E-state index is 0.0116. The highest BCUT2D eigenvalue weighted by Gasteiger charge is 2.60. The van der Waals surface area contributed by atoms with Crippen LogP contribution >= 0.6 is 0 Å². The van der Waals surface area contributed by atoms with Gasteiger partial charge in [0.25, 0.3) is 0 Å². The van der Waals surface area contributed by atoms with Crippen LogP contribution in [0.1, 0.15) is 33.0 Å². The number of hydrogen-bond acceptors (Lipinski definition) is 3. The van der Waals surface area contributed by atoms with Gasteiger partial charge in [-0.2, -0.15) is 26.3 Å². The molecule has 0 saturated heterocycles. The van der Waals surface area contributed by atoms with Crippen LogP contribution in [-0.2, 0) is 17.4 Å². The van der Waals surface area contributed by atoms with E-state index in [1.165, 1.54) is 12.1 Å². The molecular weight excluding hydrogens is 435 g/mol. The molecule has 166 valence electrons. The number of hydrogen-bond donors (Lipinski definition) is 3. The number of nitrogens with two attached hydrogens (primary N) is 2. The Labute approximate surface area is 170 Å². The molecule has 1 aliphatic heterocycles. The molecule has 2 aromatic rings. The standard InChI is InChI=1S/C19H14F7N3O2/c20-12-3-1-8(6-11(12)18(21,22)23)14(19(24,25)26)17(16(28)31)7-10-5-9(15(27)30)2-4-13(10)29-17/h1-6,14,29H,7H2,(H2,27,30)(H2,28,31). The Hall–Kier alpha value is -3.31. The summed E-state index contributed by atoms with van der Waals surface area (Å²) in [6, 6.07) is 4.35. The lowest BCUT2D eigenvalue weighted by molar-refractivity contribution is -0.168. The van der Waals surface area contributed by atoms with Gasteiger partial charge in [0.05, 0.1) is 5.56 Å². The number of amides is 2. The first-order valence-corrected chi connectivity index (χ1v) is 8.61. The number of anilines is 1. The van der Waals surface area contributed by atoms with E-state index in [9.17, 15) is 40.3 Å². The third-order valence-electron chi connectivity index (χ3n) is 5.11. The van der Waals surface area contributed by atoms with Crippen LogP contribution in [0.2, 0.25) is 0 Å². The van der Waals surface area contributed by atoms with E-state index in [1.807, 2.05) is 0 Å². The Morgan fingerprint density at radius 1 is 1.00 bits per heavy atom. The lowest BCUT2D eigenvalue weighted by atomic mass is 9.75. The van der Waals surface area contributed by atoms with Crippen LogP contribution in [0.4, 0.5) is 36.4 Å². The summed E-state index contributed by atoms with van der Waals surface area (Å²) in [4.78, 5) is 23.7. The quantitative estimate of drug-likeness (QED) is 0.624. The number of benzene rings is 2. The van der Waals surface area contributed by atoms with E-state index in [4.69, 9.17) is 11.5 Å². The molecule has 3 rings (SSSR count). The monoisotopic (exact) mass is 449 g/mol. The third kappa shape index (κ3) is 3.89. The van der Waals surface area contributed by atoms with E-state index < -0.39 is 59.0 Å². The molecule has 31 heavy (non-hydrogen) atoms. The van der Waals surface area contributed by atoms with Crippen molar-refractivity contribution in [2.24, 2.45) is 11.5 Å². The Morgan fingerprint density at radius 2 is 1.65 bits per heavy atom. The van der Waals surface area contributed by atoms with Gasteiger partial charge in [0.15, 0.2) is 0 Å². The molecular formula is C19H14F7N3O2. The number of carbonyl (C=O) groups is 2. The molecule has 2 amide bonds. The number of halogens is 7. The Morgan fingerprint density at radius 3 is 2.16 bits per heavy atom. The van der Waals surface area contributed by atoms with Crippen molar-refractivity contribution in [3.8, 4) is 0 Å². The second-order valence-corrected chi connectivity index (χ2v) is 7.09. The zero-order valence-electron chi connectivity index (χ0n) is 15.4. The summed E-state index contributed by atoms with van der Waals surface area (Å²) in [6.45, 7) is 0. The van der Waals surface area contributed by atoms with Gasteiger partial charge < -0.3 is 16.8 Å². The van der Waals surface area contributed by atoms with Crippen molar-refractivity contribution in [3.05, 3.63) is 64.5 Å². The largest absolute Gasteiger partial charge is 0.419 e. The lowest BCUT2D eigenvalue weighted by Gasteiger charge is -2.37. The number of carbonyl (C=O) groups excluding carboxylic acids is 2. The molecule has 0 fully saturated rings. The first-order valence-electron chi connectivity index (χ1n) is 8.61. The Bertz CT molecular complexity index is 1070. The summed E-state index contributed by atoms with van der Waals surface area (Å²) in [5, 5.41) is 2.37. The molecule has 0 aromatic heterocycles. The van der Waals surface area contributed by atoms with Crippen LogP contribution < -0.4 is 16.8 Å². The van der Waals surface area contributed by atoms with Crippen LogP contribution in [0.5, 0.6) is 0 Å². The van der Waals surface area contributed by atoms with Crippen molar-refractivity contribution in [1.82, 2.24) is 0 Å². The first kappa shape index (κ1) is 22.4. The van der Waals surface area contributed by atoms with Crippen molar-refractivity contribution in [2.45, 2.75) is 30.2 Å². The van der Waals surface area contributed by atoms with Gasteiger partial charge in [0.1, 0.15) is 17.3 Å². The molecule has 0 bridgehead atoms. The molecule has 0 radical (unpaired) electrons. The van der Waals surface area contributed by atoms with Crippen molar-refractivity contribution in [3.63, 3.8) is 0 Å². The van der Waals surface area contributed by atoms with Gasteiger partial charge in [0, 0.05) is 17.7 Å². The topological polar surface area (TPSA) is 98.2 Å². The van der Waals surface area contributed by atoms with Crippen LogP contribution in [0.15, 0.2) is 36.4 Å². The third-order valence-corrected chi connectivity index (χ3v) is 5.11. The average Bonchev–Trinajstić information content (AvgIpc) is 3.00. The minimum Gasteiger partial charge on any atom is -0.370 e. The molecule has 2 atom stereocenters. The highest BCUT2D eigenvalue weighted by Crippen LogP contribution is 2.50. The number of alkyl halides is 6. The second kappa shape index (κ2) is 7.13. The van der Waals surface area contributed by atoms with Crippen molar-refractivity contribution >= 4 is 17.5 Å². The summed E-state index contributed by atoms with van der Waals surface area (Å²) < 4.78 is 95.3. The summed E-state index contributed by atoms with van der Waals surface area (Å²) in [5.41, 5.74) is 4.98. The smallest absolute Gasteiger partial charge is 0.370 e. The maximum Gasteiger partial charge on any atom is 0.419 e. The van der Waals surface area contributed by atoms with Crippen LogP contribution in [0.25, 0.3) is 0 Å². The van der Waals surface area contributed by atoms with E-state index >= 15 is 0 Å². The van der Waals surface area contributed by atoms with E-state index in [-0.39, 0.29) is 28.9 Å². The Balaban J connectivity index is 2.20. The SMILES string of the molecule is NC(=O)c1ccc2c(c1)CC(C(N)=O)(C(c1ccc(F)c(C(F)(F)F)c1)C(F)(F)F)N2. The van der Waals surface area contributed by atoms with E-state index in [0.717, 1.165) is 6.07 Å². The predicted octanol–water partition coefficient (Wildman–Crippen LogP) is 3.48. The summed E-state index contributed by atoms with van der Waals surface area (Å²) in [6.07, 6.45) is -11.2. The average molecular weight is 449 g/mol. The van der Waals surface area contributed by atoms with Crippen molar-refractivity contribution in [1.29, 1.82) is 0 Å². The minimum atomic E-state index is -5.27. The molecule has 12 heteroatoms. The molecule has 1 aliphatic rings. The maximum absolute atomic E-state index is 14.1. The summed E-state index contributed by atoms with van der Waals surface area (Å²) in [5.74, 6) is -6.99. The normalized spacial score (nSPS) is 19.5. The van der Waals surface area contributed by atoms with Gasteiger partial charge >= 0.3 is 12.4 Å². The van der Waals surface area contributed by atoms with E-state index in [1.54, 1.807) is 0 Å². The fourth-order valence-corrected chi connectivity index (χ4v) is 3.76. The van der Waals surface area contributed by atoms with Gasteiger partial charge in [-0.1, -0.05) is 6.07 Å². The van der Waals surface area contributed by atoms with Gasteiger partial charge in [-0.15, -0.1) is 0 Å². The summed E-state index contributed by atoms with van der Waals surface area (Å²) >= 11 is 0. The molecule has 5 nitrogen and oxygen atoms in total. The molecule has 5 N–H and O–H groups in total. The molecule has 1 heterocycles. The fraction of sp³-hybridized carbons (Fsp3) is 0.263. The van der Waals surface area contributed by atoms with Crippen LogP contribution in [-0.4, -0.2) is 23.5 Å². The van der Waals surface area contributed by atoms with Gasteiger partial charge in [0.2, 0.25) is 11.8 Å². The van der Waals surface area contributed by atoms with Gasteiger partial charge in [-0.05, 0) is 41.5 Å². The number of nitrogens with one attached hydrogen (secondary N) is 1. The lowest BCUT2D eigenvalue weighted by Crippen LogP contribution is -2.57. The molecule has 0 saturated carbocycles. The fourth-order valence-electron chi connectivity index (χ4n) is 3.76. The molecule has 0 aliphatic carbocycles. The van der Waals surface area contributed by atoms with E-state index in [0.29, 0.717) is 6.07 Å². The van der Waals surface area contributed by atoms with Gasteiger partial charge in [-0.25, -0.2) is 4.39 Å². The molecule has 2 aromatic carbocycles. The Kier molecular flexibility index (Phi) is 5.15. The highest BCUT2D eigenvalue weighted by atomic mass is 19.4. The summed E-state index contributed by atoms with van der Waals surface area (Å²) in [7, 11) is 0. The second-order valence-electron chi connectivity index (χ2n) is 7.09. The highest BCUT2D eigenvalue weighted by molar-refractivity contribution is 5.96. The molecule has 2 unspecified atom stereocenters. The molecule has 0 spiro atoms. The predicted molar refractivity (Wildman–Crippen MR) is 94.4 cm³/mol. The van der Waals surface area contributed by atoms with Gasteiger partial charge in [-0.3, -0.25) is 9.59 Å². The van der Waals surface area contributed by atoms with Crippen molar-refractivity contribution < 1.29 is 40.3 Å². The van der Waals surface area contributed by atoms with Crippen LogP contribution in [0.3, 0.4) is 0 Å². The number of fused-ring (bicyclic) bond motifs is 1. The maximum atomic E-state index is 14.1. The first-order chi connectivity index (χ1) is 14.2. The van der Waals surface area contributed by atoms with Crippen molar-refractivity contribution in [2.75, 3.05) is 5.32 Å². The number of primary amides is 2.